The minimum atomic E-state index is 0.825. The minimum absolute atomic E-state index is 0.825. The van der Waals surface area contributed by atoms with Crippen LogP contribution in [0.1, 0.15) is 18.9 Å². The molecule has 0 amide bonds. The van der Waals surface area contributed by atoms with E-state index < -0.39 is 0 Å². The number of rotatable bonds is 4. The zero-order chi connectivity index (χ0) is 13.0. The summed E-state index contributed by atoms with van der Waals surface area (Å²) >= 11 is 9.68. The molecule has 0 saturated carbocycles. The molecule has 1 aromatic carbocycles. The predicted molar refractivity (Wildman–Crippen MR) is 83.0 cm³/mol. The lowest BCUT2D eigenvalue weighted by Gasteiger charge is -2.36. The second-order valence-corrected chi connectivity index (χ2v) is 5.73. The first kappa shape index (κ1) is 14.2. The van der Waals surface area contributed by atoms with Gasteiger partial charge in [-0.25, -0.2) is 0 Å². The van der Waals surface area contributed by atoms with Gasteiger partial charge in [-0.05, 0) is 30.7 Å². The van der Waals surface area contributed by atoms with E-state index in [0.29, 0.717) is 0 Å². The highest BCUT2D eigenvalue weighted by Gasteiger charge is 2.18. The van der Waals surface area contributed by atoms with Crippen molar-refractivity contribution in [3.8, 4) is 0 Å². The number of hydrogen-bond donors (Lipinski definition) is 0. The molecule has 0 atom stereocenters. The fourth-order valence-electron chi connectivity index (χ4n) is 2.47. The monoisotopic (exact) mass is 330 g/mol. The summed E-state index contributed by atoms with van der Waals surface area (Å²) in [6.07, 6.45) is 1.24. The number of alkyl halides is 1. The van der Waals surface area contributed by atoms with Crippen molar-refractivity contribution in [3.63, 3.8) is 0 Å². The van der Waals surface area contributed by atoms with Crippen molar-refractivity contribution in [1.29, 1.82) is 0 Å². The molecule has 1 heterocycles. The molecule has 1 saturated heterocycles. The third-order valence-corrected chi connectivity index (χ3v) is 4.28. The molecule has 2 rings (SSSR count). The van der Waals surface area contributed by atoms with Crippen molar-refractivity contribution in [2.45, 2.75) is 18.7 Å². The van der Waals surface area contributed by atoms with E-state index in [9.17, 15) is 0 Å². The lowest BCUT2D eigenvalue weighted by Crippen LogP contribution is -2.46. The highest BCUT2D eigenvalue weighted by molar-refractivity contribution is 9.08. The summed E-state index contributed by atoms with van der Waals surface area (Å²) in [7, 11) is 0. The summed E-state index contributed by atoms with van der Waals surface area (Å²) in [5.74, 6) is 0. The molecule has 0 aromatic heterocycles. The van der Waals surface area contributed by atoms with Crippen molar-refractivity contribution in [3.05, 3.63) is 28.8 Å². The molecule has 2 nitrogen and oxygen atoms in total. The van der Waals surface area contributed by atoms with E-state index >= 15 is 0 Å². The third-order valence-electron chi connectivity index (χ3n) is 3.44. The van der Waals surface area contributed by atoms with Crippen LogP contribution in [0.5, 0.6) is 0 Å². The van der Waals surface area contributed by atoms with E-state index in [1.54, 1.807) is 0 Å². The van der Waals surface area contributed by atoms with E-state index in [0.717, 1.165) is 36.5 Å². The minimum Gasteiger partial charge on any atom is -0.369 e. The molecule has 1 aliphatic rings. The van der Waals surface area contributed by atoms with E-state index in [1.807, 2.05) is 6.07 Å². The molecule has 0 spiro atoms. The summed E-state index contributed by atoms with van der Waals surface area (Å²) < 4.78 is 0. The first-order valence-electron chi connectivity index (χ1n) is 6.56. The number of halogens is 2. The Labute approximate surface area is 123 Å². The maximum Gasteiger partial charge on any atom is 0.0426 e. The molecular weight excluding hydrogens is 312 g/mol. The maximum absolute atomic E-state index is 6.12. The van der Waals surface area contributed by atoms with E-state index in [2.05, 4.69) is 44.8 Å². The maximum atomic E-state index is 6.12. The Bertz CT molecular complexity index is 389. The Balaban J connectivity index is 2.06. The van der Waals surface area contributed by atoms with Crippen molar-refractivity contribution >= 4 is 33.2 Å². The van der Waals surface area contributed by atoms with Crippen LogP contribution in [-0.2, 0) is 5.33 Å². The molecule has 1 fully saturated rings. The fraction of sp³-hybridized carbons (Fsp3) is 0.571. The first-order valence-corrected chi connectivity index (χ1v) is 8.06. The van der Waals surface area contributed by atoms with E-state index in [4.69, 9.17) is 11.6 Å². The molecular formula is C14H20BrClN2. The SMILES string of the molecule is CCCN1CCN(c2cc(Cl)ccc2CBr)CC1. The van der Waals surface area contributed by atoms with Crippen molar-refractivity contribution in [2.24, 2.45) is 0 Å². The summed E-state index contributed by atoms with van der Waals surface area (Å²) in [5, 5.41) is 1.71. The average molecular weight is 332 g/mol. The molecule has 0 radical (unpaired) electrons. The predicted octanol–water partition coefficient (Wildman–Crippen LogP) is 3.77. The third kappa shape index (κ3) is 3.40. The van der Waals surface area contributed by atoms with Gasteiger partial charge >= 0.3 is 0 Å². The second-order valence-electron chi connectivity index (χ2n) is 4.74. The number of benzene rings is 1. The Morgan fingerprint density at radius 3 is 2.56 bits per heavy atom. The Hall–Kier alpha value is -0.250. The van der Waals surface area contributed by atoms with Gasteiger partial charge in [0.05, 0.1) is 0 Å². The number of nitrogens with zero attached hydrogens (tertiary/aromatic N) is 2. The van der Waals surface area contributed by atoms with Gasteiger partial charge in [-0.1, -0.05) is 40.5 Å². The molecule has 4 heteroatoms. The molecule has 0 unspecified atom stereocenters. The number of hydrogen-bond acceptors (Lipinski definition) is 2. The Kier molecular flexibility index (Phi) is 5.34. The number of anilines is 1. The standard InChI is InChI=1S/C14H20BrClN2/c1-2-5-17-6-8-18(9-7-17)14-10-13(16)4-3-12(14)11-15/h3-4,10H,2,5-9,11H2,1H3. The second kappa shape index (κ2) is 6.78. The van der Waals surface area contributed by atoms with Gasteiger partial charge in [-0.15, -0.1) is 0 Å². The molecule has 1 aliphatic heterocycles. The first-order chi connectivity index (χ1) is 8.74. The quantitative estimate of drug-likeness (QED) is 0.775. The topological polar surface area (TPSA) is 6.48 Å². The van der Waals surface area contributed by atoms with Crippen LogP contribution in [0.2, 0.25) is 5.02 Å². The van der Waals surface area contributed by atoms with Gasteiger partial charge in [0.1, 0.15) is 0 Å². The Morgan fingerprint density at radius 1 is 1.22 bits per heavy atom. The lowest BCUT2D eigenvalue weighted by molar-refractivity contribution is 0.258. The van der Waals surface area contributed by atoms with Gasteiger partial charge in [-0.2, -0.15) is 0 Å². The van der Waals surface area contributed by atoms with Crippen molar-refractivity contribution in [1.82, 2.24) is 4.90 Å². The molecule has 0 N–H and O–H groups in total. The van der Waals surface area contributed by atoms with E-state index in [-0.39, 0.29) is 0 Å². The zero-order valence-electron chi connectivity index (χ0n) is 10.8. The van der Waals surface area contributed by atoms with Gasteiger partial charge in [0.2, 0.25) is 0 Å². The smallest absolute Gasteiger partial charge is 0.0426 e. The molecule has 100 valence electrons. The van der Waals surface area contributed by atoms with Crippen LogP contribution in [0.4, 0.5) is 5.69 Å². The van der Waals surface area contributed by atoms with Gasteiger partial charge in [-0.3, -0.25) is 4.90 Å². The van der Waals surface area contributed by atoms with E-state index in [1.165, 1.54) is 24.2 Å². The van der Waals surface area contributed by atoms with Crippen molar-refractivity contribution < 1.29 is 0 Å². The van der Waals surface area contributed by atoms with Crippen LogP contribution < -0.4 is 4.90 Å². The lowest BCUT2D eigenvalue weighted by atomic mass is 10.1. The summed E-state index contributed by atoms with van der Waals surface area (Å²) in [5.41, 5.74) is 2.61. The molecule has 0 bridgehead atoms. The fourth-order valence-corrected chi connectivity index (χ4v) is 3.11. The van der Waals surface area contributed by atoms with Crippen LogP contribution in [-0.4, -0.2) is 37.6 Å². The van der Waals surface area contributed by atoms with Gasteiger partial charge in [0.25, 0.3) is 0 Å². The summed E-state index contributed by atoms with van der Waals surface area (Å²) in [6.45, 7) is 7.96. The van der Waals surface area contributed by atoms with Crippen LogP contribution in [0.25, 0.3) is 0 Å². The molecule has 1 aromatic rings. The van der Waals surface area contributed by atoms with Gasteiger partial charge in [0.15, 0.2) is 0 Å². The Morgan fingerprint density at radius 2 is 1.94 bits per heavy atom. The van der Waals surface area contributed by atoms with Crippen LogP contribution in [0.3, 0.4) is 0 Å². The summed E-state index contributed by atoms with van der Waals surface area (Å²) in [6, 6.07) is 6.17. The average Bonchev–Trinajstić information content (AvgIpc) is 2.40. The largest absolute Gasteiger partial charge is 0.369 e. The normalized spacial score (nSPS) is 17.2. The molecule has 0 aliphatic carbocycles. The van der Waals surface area contributed by atoms with Gasteiger partial charge < -0.3 is 4.90 Å². The summed E-state index contributed by atoms with van der Waals surface area (Å²) in [4.78, 5) is 4.99. The zero-order valence-corrected chi connectivity index (χ0v) is 13.2. The van der Waals surface area contributed by atoms with Crippen molar-refractivity contribution in [2.75, 3.05) is 37.6 Å². The molecule has 18 heavy (non-hydrogen) atoms. The number of piperazine rings is 1. The van der Waals surface area contributed by atoms with Crippen LogP contribution in [0, 0.1) is 0 Å². The van der Waals surface area contributed by atoms with Gasteiger partial charge in [0, 0.05) is 42.2 Å². The highest BCUT2D eigenvalue weighted by atomic mass is 79.9. The van der Waals surface area contributed by atoms with Crippen LogP contribution >= 0.6 is 27.5 Å². The van der Waals surface area contributed by atoms with Crippen LogP contribution in [0.15, 0.2) is 18.2 Å². The highest BCUT2D eigenvalue weighted by Crippen LogP contribution is 2.27.